The number of hydrogen-bond donors (Lipinski definition) is 2. The number of benzene rings is 2. The maximum Gasteiger partial charge on any atom is 0.302 e. The Hall–Kier alpha value is -2.58. The molecule has 1 atom stereocenters. The summed E-state index contributed by atoms with van der Waals surface area (Å²) in [7, 11) is -2.24. The largest absolute Gasteiger partial charge is 0.506 e. The molecule has 132 valence electrons. The molecular formula is C17H18N2O5S. The van der Waals surface area contributed by atoms with Crippen LogP contribution in [0.4, 0.5) is 5.69 Å². The summed E-state index contributed by atoms with van der Waals surface area (Å²) in [6.07, 6.45) is 1.06. The van der Waals surface area contributed by atoms with Gasteiger partial charge in [-0.1, -0.05) is 24.3 Å². The van der Waals surface area contributed by atoms with Gasteiger partial charge in [-0.15, -0.1) is 0 Å². The Morgan fingerprint density at radius 2 is 2.08 bits per heavy atom. The molecule has 7 nitrogen and oxygen atoms in total. The molecule has 2 N–H and O–H groups in total. The Labute approximate surface area is 146 Å². The summed E-state index contributed by atoms with van der Waals surface area (Å²) in [6, 6.07) is 11.5. The van der Waals surface area contributed by atoms with E-state index in [-0.39, 0.29) is 18.0 Å². The Morgan fingerprint density at radius 1 is 1.32 bits per heavy atom. The number of aromatic hydroxyl groups is 1. The van der Waals surface area contributed by atoms with Crippen LogP contribution in [0.3, 0.4) is 0 Å². The lowest BCUT2D eigenvalue weighted by Crippen LogP contribution is -2.30. The van der Waals surface area contributed by atoms with Gasteiger partial charge in [0.05, 0.1) is 25.4 Å². The topological polar surface area (TPSA) is 95.9 Å². The Morgan fingerprint density at radius 3 is 2.72 bits per heavy atom. The first kappa shape index (κ1) is 17.2. The van der Waals surface area contributed by atoms with Crippen molar-refractivity contribution in [1.29, 1.82) is 0 Å². The van der Waals surface area contributed by atoms with Gasteiger partial charge in [-0.05, 0) is 29.3 Å². The normalized spacial score (nSPS) is 18.9. The first-order valence-electron chi connectivity index (χ1n) is 7.63. The second-order valence-electron chi connectivity index (χ2n) is 5.71. The summed E-state index contributed by atoms with van der Waals surface area (Å²) in [5.41, 5.74) is 1.90. The molecule has 2 aromatic rings. The van der Waals surface area contributed by atoms with Crippen LogP contribution in [-0.4, -0.2) is 39.5 Å². The van der Waals surface area contributed by atoms with Crippen molar-refractivity contribution >= 4 is 22.2 Å². The maximum atomic E-state index is 12.1. The van der Waals surface area contributed by atoms with Gasteiger partial charge in [0.25, 0.3) is 0 Å². The molecule has 0 aliphatic carbocycles. The van der Waals surface area contributed by atoms with Crippen LogP contribution in [0.25, 0.3) is 0 Å². The molecular weight excluding hydrogens is 344 g/mol. The van der Waals surface area contributed by atoms with Crippen molar-refractivity contribution in [1.82, 2.24) is 4.72 Å². The molecule has 0 saturated carbocycles. The fraction of sp³-hybridized carbons (Fsp3) is 0.235. The minimum absolute atomic E-state index is 0.0503. The van der Waals surface area contributed by atoms with Crippen LogP contribution < -0.4 is 13.8 Å². The first-order chi connectivity index (χ1) is 11.9. The molecule has 1 heterocycles. The predicted octanol–water partition coefficient (Wildman–Crippen LogP) is 1.21. The Kier molecular flexibility index (Phi) is 4.65. The van der Waals surface area contributed by atoms with Gasteiger partial charge in [-0.25, -0.2) is 0 Å². The molecule has 8 heteroatoms. The average molecular weight is 362 g/mol. The van der Waals surface area contributed by atoms with Crippen molar-refractivity contribution in [3.05, 3.63) is 53.6 Å². The lowest BCUT2D eigenvalue weighted by molar-refractivity contribution is -0.108. The van der Waals surface area contributed by atoms with Gasteiger partial charge in [0.2, 0.25) is 0 Å². The number of hydrogen-bond acceptors (Lipinski definition) is 5. The van der Waals surface area contributed by atoms with E-state index in [9.17, 15) is 18.3 Å². The number of ether oxygens (including phenoxy) is 1. The van der Waals surface area contributed by atoms with E-state index < -0.39 is 16.3 Å². The number of methoxy groups -OCH3 is 1. The third-order valence-corrected chi connectivity index (χ3v) is 5.54. The number of phenolic OH excluding ortho intramolecular Hbond substituents is 1. The van der Waals surface area contributed by atoms with Crippen molar-refractivity contribution in [3.63, 3.8) is 0 Å². The van der Waals surface area contributed by atoms with Crippen LogP contribution in [0, 0.1) is 0 Å². The second kappa shape index (κ2) is 6.73. The van der Waals surface area contributed by atoms with Gasteiger partial charge in [0, 0.05) is 6.42 Å². The lowest BCUT2D eigenvalue weighted by Gasteiger charge is -2.18. The quantitative estimate of drug-likeness (QED) is 0.780. The summed E-state index contributed by atoms with van der Waals surface area (Å²) in [5, 5.41) is 10.3. The highest BCUT2D eigenvalue weighted by Gasteiger charge is 2.36. The van der Waals surface area contributed by atoms with Gasteiger partial charge < -0.3 is 14.6 Å². The number of carbonyl (C=O) groups excluding carboxylic acids is 1. The number of phenols is 1. The van der Waals surface area contributed by atoms with Gasteiger partial charge >= 0.3 is 10.2 Å². The number of anilines is 1. The first-order valence-corrected chi connectivity index (χ1v) is 9.07. The molecule has 3 rings (SSSR count). The fourth-order valence-corrected chi connectivity index (χ4v) is 4.24. The number of carbonyl (C=O) groups is 1. The third kappa shape index (κ3) is 3.45. The van der Waals surface area contributed by atoms with E-state index in [4.69, 9.17) is 4.74 Å². The van der Waals surface area contributed by atoms with Crippen molar-refractivity contribution in [2.24, 2.45) is 0 Å². The van der Waals surface area contributed by atoms with Crippen LogP contribution in [-0.2, 0) is 21.4 Å². The maximum absolute atomic E-state index is 12.1. The van der Waals surface area contributed by atoms with Crippen LogP contribution in [0.1, 0.15) is 11.1 Å². The second-order valence-corrected chi connectivity index (χ2v) is 7.33. The van der Waals surface area contributed by atoms with E-state index in [1.54, 1.807) is 13.2 Å². The molecule has 1 unspecified atom stereocenters. The van der Waals surface area contributed by atoms with E-state index in [1.165, 1.54) is 12.1 Å². The molecule has 0 spiro atoms. The zero-order chi connectivity index (χ0) is 18.0. The number of para-hydroxylation sites is 1. The highest BCUT2D eigenvalue weighted by Crippen LogP contribution is 2.33. The third-order valence-electron chi connectivity index (χ3n) is 4.01. The van der Waals surface area contributed by atoms with E-state index in [0.29, 0.717) is 12.7 Å². The number of rotatable bonds is 5. The van der Waals surface area contributed by atoms with Crippen molar-refractivity contribution in [2.45, 2.75) is 12.5 Å². The fourth-order valence-electron chi connectivity index (χ4n) is 2.83. The van der Waals surface area contributed by atoms with Crippen molar-refractivity contribution < 1.29 is 23.1 Å². The standard InChI is InChI=1S/C17H18N2O5S/c1-24-17-5-3-2-4-13(17)8-12-6-7-15(16(21)9-12)19-10-14(11-20)18-25(19,22)23/h2-7,9,11,14,18,21H,8,10H2,1H3. The number of nitrogens with one attached hydrogen (secondary N) is 1. The Balaban J connectivity index is 1.88. The summed E-state index contributed by atoms with van der Waals surface area (Å²) in [6.45, 7) is -0.0503. The molecule has 1 aliphatic heterocycles. The van der Waals surface area contributed by atoms with Gasteiger partial charge in [-0.2, -0.15) is 13.1 Å². The zero-order valence-corrected chi connectivity index (χ0v) is 14.4. The summed E-state index contributed by atoms with van der Waals surface area (Å²) < 4.78 is 32.7. The SMILES string of the molecule is COc1ccccc1Cc1ccc(N2CC(C=O)NS2(=O)=O)c(O)c1. The number of nitrogens with zero attached hydrogens (tertiary/aromatic N) is 1. The number of aldehydes is 1. The van der Waals surface area contributed by atoms with E-state index in [2.05, 4.69) is 4.72 Å². The Bertz CT molecular complexity index is 898. The lowest BCUT2D eigenvalue weighted by atomic mass is 10.0. The minimum atomic E-state index is -3.83. The molecule has 1 aliphatic rings. The van der Waals surface area contributed by atoms with Crippen LogP contribution in [0.15, 0.2) is 42.5 Å². The molecule has 25 heavy (non-hydrogen) atoms. The highest BCUT2D eigenvalue weighted by molar-refractivity contribution is 7.91. The average Bonchev–Trinajstić information content (AvgIpc) is 2.90. The smallest absolute Gasteiger partial charge is 0.302 e. The van der Waals surface area contributed by atoms with Gasteiger partial charge in [0.1, 0.15) is 17.8 Å². The van der Waals surface area contributed by atoms with Gasteiger partial charge in [-0.3, -0.25) is 4.31 Å². The van der Waals surface area contributed by atoms with E-state index >= 15 is 0 Å². The van der Waals surface area contributed by atoms with Crippen LogP contribution in [0.5, 0.6) is 11.5 Å². The minimum Gasteiger partial charge on any atom is -0.506 e. The van der Waals surface area contributed by atoms with Crippen molar-refractivity contribution in [3.8, 4) is 11.5 Å². The zero-order valence-electron chi connectivity index (χ0n) is 13.5. The molecule has 0 bridgehead atoms. The molecule has 1 fully saturated rings. The van der Waals surface area contributed by atoms with Crippen LogP contribution >= 0.6 is 0 Å². The summed E-state index contributed by atoms with van der Waals surface area (Å²) in [4.78, 5) is 10.8. The molecule has 1 saturated heterocycles. The summed E-state index contributed by atoms with van der Waals surface area (Å²) in [5.74, 6) is 0.579. The summed E-state index contributed by atoms with van der Waals surface area (Å²) >= 11 is 0. The molecule has 0 amide bonds. The molecule has 0 radical (unpaired) electrons. The molecule has 2 aromatic carbocycles. The van der Waals surface area contributed by atoms with Crippen LogP contribution in [0.2, 0.25) is 0 Å². The van der Waals surface area contributed by atoms with E-state index in [0.717, 1.165) is 21.2 Å². The van der Waals surface area contributed by atoms with E-state index in [1.807, 2.05) is 24.3 Å². The van der Waals surface area contributed by atoms with Gasteiger partial charge in [0.15, 0.2) is 0 Å². The monoisotopic (exact) mass is 362 g/mol. The predicted molar refractivity (Wildman–Crippen MR) is 93.2 cm³/mol. The van der Waals surface area contributed by atoms with Crippen molar-refractivity contribution in [2.75, 3.05) is 18.0 Å². The highest BCUT2D eigenvalue weighted by atomic mass is 32.2. The molecule has 0 aromatic heterocycles.